The molecule has 2 amide bonds. The summed E-state index contributed by atoms with van der Waals surface area (Å²) in [6.07, 6.45) is 1.43. The molecule has 0 saturated carbocycles. The van der Waals surface area contributed by atoms with Crippen molar-refractivity contribution in [3.8, 4) is 0 Å². The van der Waals surface area contributed by atoms with E-state index in [0.29, 0.717) is 5.57 Å². The summed E-state index contributed by atoms with van der Waals surface area (Å²) in [5.74, 6) is -3.74. The molecule has 2 aromatic heterocycles. The monoisotopic (exact) mass is 638 g/mol. The molecule has 2 aromatic rings. The topological polar surface area (TPSA) is 250 Å². The maximum absolute atomic E-state index is 13.1. The second kappa shape index (κ2) is 13.4. The number of hydrogen-bond donors (Lipinski definition) is 4. The van der Waals surface area contributed by atoms with Crippen molar-refractivity contribution in [3.05, 3.63) is 35.0 Å². The fourth-order valence-corrected chi connectivity index (χ4v) is 6.61. The van der Waals surface area contributed by atoms with Gasteiger partial charge < -0.3 is 30.9 Å². The molecule has 1 fully saturated rings. The van der Waals surface area contributed by atoms with Gasteiger partial charge in [0.15, 0.2) is 16.6 Å². The van der Waals surface area contributed by atoms with Crippen LogP contribution < -0.4 is 11.1 Å². The summed E-state index contributed by atoms with van der Waals surface area (Å²) in [6.45, 7) is 3.23. The minimum atomic E-state index is -1.33. The number of anilines is 1. The van der Waals surface area contributed by atoms with E-state index in [0.717, 1.165) is 28.0 Å². The lowest BCUT2D eigenvalue weighted by molar-refractivity contribution is -0.150. The van der Waals surface area contributed by atoms with Gasteiger partial charge in [-0.1, -0.05) is 34.7 Å². The molecule has 1 saturated heterocycles. The number of nitrogens with two attached hydrogens (primary N) is 1. The van der Waals surface area contributed by atoms with Crippen LogP contribution in [0, 0.1) is 0 Å². The zero-order valence-electron chi connectivity index (χ0n) is 21.6. The van der Waals surface area contributed by atoms with Gasteiger partial charge in [0.05, 0.1) is 6.54 Å². The Morgan fingerprint density at radius 3 is 2.79 bits per heavy atom. The quantitative estimate of drug-likeness (QED) is 0.0495. The molecule has 1 unspecified atom stereocenters. The smallest absolute Gasteiger partial charge is 0.355 e. The molecule has 21 heteroatoms. The van der Waals surface area contributed by atoms with E-state index in [9.17, 15) is 29.4 Å². The van der Waals surface area contributed by atoms with E-state index in [-0.39, 0.29) is 57.8 Å². The van der Waals surface area contributed by atoms with Gasteiger partial charge in [-0.25, -0.2) is 19.3 Å². The Morgan fingerprint density at radius 1 is 1.36 bits per heavy atom. The standard InChI is InChI=1S/C21H22N10O8S3/c1-3-4-39-27-12(11-8-41-20(22)23-11)15(32)24-13-16(33)31-14(19(36)37)9(6-40-17(13)31)7-42-21-25-28-29-30(21)5-10(18(34)35)26-38-2/h3,8,13,17H,1,4-7H2,2H3,(H2,22,23)(H,24,32)(H,34,35)(H,36,37)/t13?,17-/m1/s1. The van der Waals surface area contributed by atoms with Crippen LogP contribution in [0.15, 0.2) is 44.8 Å². The number of carboxylic acids is 2. The molecular weight excluding hydrogens is 616 g/mol. The van der Waals surface area contributed by atoms with Crippen LogP contribution in [0.2, 0.25) is 0 Å². The second-order valence-corrected chi connectivity index (χ2v) is 11.1. The number of nitrogens with one attached hydrogen (secondary N) is 1. The predicted octanol–water partition coefficient (Wildman–Crippen LogP) is -0.764. The molecule has 5 N–H and O–H groups in total. The van der Waals surface area contributed by atoms with Crippen LogP contribution >= 0.6 is 34.9 Å². The molecular formula is C21H22N10O8S3. The second-order valence-electron chi connectivity index (χ2n) is 8.15. The zero-order chi connectivity index (χ0) is 30.4. The van der Waals surface area contributed by atoms with E-state index in [1.807, 2.05) is 0 Å². The third kappa shape index (κ3) is 6.52. The molecule has 4 rings (SSSR count). The van der Waals surface area contributed by atoms with Crippen LogP contribution in [-0.2, 0) is 35.4 Å². The van der Waals surface area contributed by atoms with Crippen LogP contribution in [0.25, 0.3) is 0 Å². The third-order valence-electron chi connectivity index (χ3n) is 5.49. The van der Waals surface area contributed by atoms with Gasteiger partial charge in [0.25, 0.3) is 11.8 Å². The van der Waals surface area contributed by atoms with E-state index in [4.69, 9.17) is 10.6 Å². The highest BCUT2D eigenvalue weighted by Crippen LogP contribution is 2.41. The fraction of sp³-hybridized carbons (Fsp3) is 0.333. The number of tetrazole rings is 1. The first-order valence-corrected chi connectivity index (χ1v) is 14.5. The Labute approximate surface area is 248 Å². The number of β-lactam (4-membered cyclic amide) rings is 1. The van der Waals surface area contributed by atoms with Gasteiger partial charge >= 0.3 is 11.9 Å². The highest BCUT2D eigenvalue weighted by Gasteiger charge is 2.54. The Morgan fingerprint density at radius 2 is 2.14 bits per heavy atom. The van der Waals surface area contributed by atoms with Crippen LogP contribution in [-0.4, -0.2) is 112 Å². The third-order valence-corrected chi connectivity index (χ3v) is 8.54. The summed E-state index contributed by atoms with van der Waals surface area (Å²) >= 11 is 3.39. The van der Waals surface area contributed by atoms with Crippen LogP contribution in [0.3, 0.4) is 0 Å². The normalized spacial score (nSPS) is 18.7. The van der Waals surface area contributed by atoms with E-state index < -0.39 is 35.2 Å². The number of thiazole rings is 1. The van der Waals surface area contributed by atoms with Crippen molar-refractivity contribution in [3.63, 3.8) is 0 Å². The number of nitrogen functional groups attached to an aromatic ring is 1. The van der Waals surface area contributed by atoms with Crippen LogP contribution in [0.5, 0.6) is 0 Å². The van der Waals surface area contributed by atoms with E-state index in [1.54, 1.807) is 0 Å². The van der Waals surface area contributed by atoms with E-state index >= 15 is 0 Å². The van der Waals surface area contributed by atoms with Gasteiger partial charge in [0.1, 0.15) is 36.5 Å². The first-order valence-electron chi connectivity index (χ1n) is 11.6. The Bertz CT molecular complexity index is 1500. The molecule has 2 aliphatic rings. The Kier molecular flexibility index (Phi) is 9.75. The Hall–Kier alpha value is -4.50. The number of carbonyl (C=O) groups excluding carboxylic acids is 2. The molecule has 0 aromatic carbocycles. The van der Waals surface area contributed by atoms with Gasteiger partial charge in [-0.2, -0.15) is 0 Å². The summed E-state index contributed by atoms with van der Waals surface area (Å²) < 4.78 is 1.17. The van der Waals surface area contributed by atoms with Gasteiger partial charge in [-0.3, -0.25) is 14.5 Å². The fourth-order valence-electron chi connectivity index (χ4n) is 3.70. The number of oxime groups is 2. The minimum Gasteiger partial charge on any atom is -0.477 e. The predicted molar refractivity (Wildman–Crippen MR) is 150 cm³/mol. The highest BCUT2D eigenvalue weighted by atomic mass is 32.2. The maximum atomic E-state index is 13.1. The lowest BCUT2D eigenvalue weighted by Crippen LogP contribution is -2.71. The number of fused-ring (bicyclic) bond motifs is 1. The summed E-state index contributed by atoms with van der Waals surface area (Å²) in [5, 5.41) is 41.4. The molecule has 4 heterocycles. The van der Waals surface area contributed by atoms with Gasteiger partial charge in [0.2, 0.25) is 5.16 Å². The largest absolute Gasteiger partial charge is 0.477 e. The summed E-state index contributed by atoms with van der Waals surface area (Å²) in [4.78, 5) is 64.5. The van der Waals surface area contributed by atoms with Gasteiger partial charge in [-0.15, -0.1) is 28.2 Å². The van der Waals surface area contributed by atoms with Crippen LogP contribution in [0.1, 0.15) is 5.69 Å². The van der Waals surface area contributed by atoms with Crippen molar-refractivity contribution in [1.29, 1.82) is 0 Å². The van der Waals surface area contributed by atoms with Gasteiger partial charge in [0, 0.05) is 16.9 Å². The minimum absolute atomic E-state index is 0.0202. The SMILES string of the molecule is C=CCON=C(C(=O)NC1C(=O)N2C(C(=O)O)=C(CSc3nnnn3CC(=NOC)C(=O)O)CS[C@H]12)c1csc(N)n1. The van der Waals surface area contributed by atoms with Crippen molar-refractivity contribution < 1.29 is 39.1 Å². The number of rotatable bonds is 14. The molecule has 2 atom stereocenters. The zero-order valence-corrected chi connectivity index (χ0v) is 24.0. The number of amides is 2. The lowest BCUT2D eigenvalue weighted by atomic mass is 10.0. The number of thioether (sulfide) groups is 2. The van der Waals surface area contributed by atoms with Crippen LogP contribution in [0.4, 0.5) is 5.13 Å². The summed E-state index contributed by atoms with van der Waals surface area (Å²) in [7, 11) is 1.20. The molecule has 2 aliphatic heterocycles. The molecule has 0 bridgehead atoms. The first kappa shape index (κ1) is 30.5. The van der Waals surface area contributed by atoms with Crippen molar-refractivity contribution >= 4 is 75.2 Å². The van der Waals surface area contributed by atoms with E-state index in [2.05, 4.69) is 47.6 Å². The molecule has 0 radical (unpaired) electrons. The summed E-state index contributed by atoms with van der Waals surface area (Å²) in [5.41, 5.74) is 5.45. The number of aliphatic carboxylic acids is 2. The average Bonchev–Trinajstić information content (AvgIpc) is 3.60. The molecule has 18 nitrogen and oxygen atoms in total. The number of carboxylic acid groups (broad SMARTS) is 2. The van der Waals surface area contributed by atoms with Gasteiger partial charge in [-0.05, 0) is 16.0 Å². The molecule has 0 aliphatic carbocycles. The lowest BCUT2D eigenvalue weighted by Gasteiger charge is -2.49. The van der Waals surface area contributed by atoms with E-state index in [1.165, 1.54) is 35.0 Å². The summed E-state index contributed by atoms with van der Waals surface area (Å²) in [6, 6.07) is -1.03. The van der Waals surface area contributed by atoms with Crippen molar-refractivity contribution in [2.24, 2.45) is 10.3 Å². The first-order chi connectivity index (χ1) is 20.2. The maximum Gasteiger partial charge on any atom is 0.355 e. The number of aromatic nitrogens is 5. The molecule has 42 heavy (non-hydrogen) atoms. The number of hydrogen-bond acceptors (Lipinski definition) is 16. The van der Waals surface area contributed by atoms with Crippen molar-refractivity contribution in [1.82, 2.24) is 35.4 Å². The number of nitrogens with zero attached hydrogens (tertiary/aromatic N) is 8. The highest BCUT2D eigenvalue weighted by molar-refractivity contribution is 8.01. The van der Waals surface area contributed by atoms with Crippen molar-refractivity contribution in [2.45, 2.75) is 23.1 Å². The molecule has 222 valence electrons. The molecule has 0 spiro atoms. The number of carbonyl (C=O) groups is 4. The van der Waals surface area contributed by atoms with Crippen molar-refractivity contribution in [2.75, 3.05) is 31.0 Å². The Balaban J connectivity index is 1.47. The average molecular weight is 639 g/mol.